The quantitative estimate of drug-likeness (QED) is 0.776. The molecule has 2 unspecified atom stereocenters. The highest BCUT2D eigenvalue weighted by atomic mass is 32.2. The Morgan fingerprint density at radius 1 is 1.48 bits per heavy atom. The summed E-state index contributed by atoms with van der Waals surface area (Å²) in [5, 5.41) is 12.6. The van der Waals surface area contributed by atoms with Gasteiger partial charge in [0.15, 0.2) is 0 Å². The van der Waals surface area contributed by atoms with Crippen molar-refractivity contribution in [3.05, 3.63) is 0 Å². The Balaban J connectivity index is 2.43. The number of piperidine rings is 1. The predicted octanol–water partition coefficient (Wildman–Crippen LogP) is 1.49. The van der Waals surface area contributed by atoms with Crippen molar-refractivity contribution >= 4 is 17.7 Å². The predicted molar refractivity (Wildman–Crippen MR) is 77.2 cm³/mol. The highest BCUT2D eigenvalue weighted by molar-refractivity contribution is 7.98. The molecule has 0 saturated carbocycles. The van der Waals surface area contributed by atoms with Crippen LogP contribution in [0.1, 0.15) is 19.8 Å². The minimum absolute atomic E-state index is 0.114. The zero-order chi connectivity index (χ0) is 16.1. The second kappa shape index (κ2) is 7.69. The van der Waals surface area contributed by atoms with Crippen LogP contribution >= 0.6 is 11.8 Å². The van der Waals surface area contributed by atoms with Crippen molar-refractivity contribution in [2.24, 2.45) is 5.92 Å². The minimum Gasteiger partial charge on any atom is -0.387 e. The Bertz CT molecular complexity index is 351. The summed E-state index contributed by atoms with van der Waals surface area (Å²) < 4.78 is 37.1. The lowest BCUT2D eigenvalue weighted by molar-refractivity contribution is -0.152. The molecule has 0 aromatic rings. The summed E-state index contributed by atoms with van der Waals surface area (Å²) in [4.78, 5) is 13.3. The van der Waals surface area contributed by atoms with E-state index in [1.54, 1.807) is 6.92 Å². The Labute approximate surface area is 127 Å². The third-order valence-corrected chi connectivity index (χ3v) is 4.29. The van der Waals surface area contributed by atoms with Gasteiger partial charge in [0.2, 0.25) is 5.91 Å². The van der Waals surface area contributed by atoms with Crippen LogP contribution in [0, 0.1) is 5.92 Å². The number of hydrogen-bond acceptors (Lipinski definition) is 4. The van der Waals surface area contributed by atoms with Crippen molar-refractivity contribution in [3.63, 3.8) is 0 Å². The molecule has 0 spiro atoms. The van der Waals surface area contributed by atoms with Crippen LogP contribution < -0.4 is 5.32 Å². The number of aliphatic hydroxyl groups is 1. The first kappa shape index (κ1) is 18.6. The van der Waals surface area contributed by atoms with E-state index in [4.69, 9.17) is 0 Å². The molecule has 0 aromatic heterocycles. The monoisotopic (exact) mass is 328 g/mol. The van der Waals surface area contributed by atoms with Gasteiger partial charge >= 0.3 is 6.18 Å². The Morgan fingerprint density at radius 2 is 2.14 bits per heavy atom. The van der Waals surface area contributed by atoms with E-state index >= 15 is 0 Å². The van der Waals surface area contributed by atoms with Crippen molar-refractivity contribution in [3.8, 4) is 0 Å². The second-order valence-corrected chi connectivity index (χ2v) is 6.70. The van der Waals surface area contributed by atoms with Crippen LogP contribution in [0.15, 0.2) is 0 Å². The molecule has 8 heteroatoms. The van der Waals surface area contributed by atoms with E-state index < -0.39 is 24.2 Å². The standard InChI is InChI=1S/C13H23F3N2O2S/c1-12(20,9-21-2)7-17-11(19)10-4-3-5-18(6-10)8-13(14,15)16/h10,20H,3-9H2,1-2H3,(H,17,19). The lowest BCUT2D eigenvalue weighted by Gasteiger charge is -2.33. The molecule has 1 aliphatic heterocycles. The smallest absolute Gasteiger partial charge is 0.387 e. The summed E-state index contributed by atoms with van der Waals surface area (Å²) in [6.45, 7) is 1.26. The van der Waals surface area contributed by atoms with Gasteiger partial charge in [0.05, 0.1) is 18.1 Å². The van der Waals surface area contributed by atoms with Crippen LogP contribution in [-0.2, 0) is 4.79 Å². The van der Waals surface area contributed by atoms with Crippen molar-refractivity contribution in [2.45, 2.75) is 31.5 Å². The van der Waals surface area contributed by atoms with E-state index in [0.29, 0.717) is 25.1 Å². The number of halogens is 3. The highest BCUT2D eigenvalue weighted by Crippen LogP contribution is 2.22. The third kappa shape index (κ3) is 7.37. The molecule has 0 bridgehead atoms. The summed E-state index contributed by atoms with van der Waals surface area (Å²) in [7, 11) is 0. The van der Waals surface area contributed by atoms with Crippen LogP contribution in [0.2, 0.25) is 0 Å². The summed E-state index contributed by atoms with van der Waals surface area (Å²) in [5.74, 6) is -0.229. The summed E-state index contributed by atoms with van der Waals surface area (Å²) in [5.41, 5.74) is -1.00. The van der Waals surface area contributed by atoms with Crippen molar-refractivity contribution in [1.82, 2.24) is 10.2 Å². The maximum Gasteiger partial charge on any atom is 0.401 e. The van der Waals surface area contributed by atoms with Crippen molar-refractivity contribution in [2.75, 3.05) is 38.2 Å². The van der Waals surface area contributed by atoms with Gasteiger partial charge in [-0.15, -0.1) is 0 Å². The number of thioether (sulfide) groups is 1. The van der Waals surface area contributed by atoms with Gasteiger partial charge < -0.3 is 10.4 Å². The molecule has 0 aliphatic carbocycles. The van der Waals surface area contributed by atoms with Crippen molar-refractivity contribution in [1.29, 1.82) is 0 Å². The maximum absolute atomic E-state index is 12.4. The zero-order valence-corrected chi connectivity index (χ0v) is 13.2. The van der Waals surface area contributed by atoms with Gasteiger partial charge in [-0.2, -0.15) is 24.9 Å². The number of nitrogens with one attached hydrogen (secondary N) is 1. The van der Waals surface area contributed by atoms with E-state index in [2.05, 4.69) is 5.32 Å². The number of rotatable bonds is 6. The molecular formula is C13H23F3N2O2S. The molecule has 1 heterocycles. The molecule has 1 fully saturated rings. The first-order valence-electron chi connectivity index (χ1n) is 6.91. The molecule has 2 N–H and O–H groups in total. The molecular weight excluding hydrogens is 305 g/mol. The lowest BCUT2D eigenvalue weighted by Crippen LogP contribution is -2.49. The third-order valence-electron chi connectivity index (χ3n) is 3.38. The van der Waals surface area contributed by atoms with E-state index in [9.17, 15) is 23.1 Å². The maximum atomic E-state index is 12.4. The van der Waals surface area contributed by atoms with Gasteiger partial charge in [0.1, 0.15) is 0 Å². The molecule has 1 saturated heterocycles. The molecule has 124 valence electrons. The fourth-order valence-electron chi connectivity index (χ4n) is 2.45. The molecule has 4 nitrogen and oxygen atoms in total. The number of hydrogen-bond donors (Lipinski definition) is 2. The average molecular weight is 328 g/mol. The Hall–Kier alpha value is -0.470. The van der Waals surface area contributed by atoms with Gasteiger partial charge in [-0.25, -0.2) is 0 Å². The average Bonchev–Trinajstić information content (AvgIpc) is 2.34. The summed E-state index contributed by atoms with van der Waals surface area (Å²) in [6.07, 6.45) is -1.22. The highest BCUT2D eigenvalue weighted by Gasteiger charge is 2.35. The zero-order valence-electron chi connectivity index (χ0n) is 12.4. The number of alkyl halides is 3. The molecule has 2 atom stereocenters. The molecule has 21 heavy (non-hydrogen) atoms. The SMILES string of the molecule is CSCC(C)(O)CNC(=O)C1CCCN(CC(F)(F)F)C1. The topological polar surface area (TPSA) is 52.6 Å². The Morgan fingerprint density at radius 3 is 2.71 bits per heavy atom. The largest absolute Gasteiger partial charge is 0.401 e. The van der Waals surface area contributed by atoms with Crippen LogP contribution in [0.25, 0.3) is 0 Å². The fraction of sp³-hybridized carbons (Fsp3) is 0.923. The fourth-order valence-corrected chi connectivity index (χ4v) is 3.17. The summed E-state index contributed by atoms with van der Waals surface area (Å²) in [6, 6.07) is 0. The number of carbonyl (C=O) groups is 1. The van der Waals surface area contributed by atoms with Crippen LogP contribution in [0.4, 0.5) is 13.2 Å². The van der Waals surface area contributed by atoms with E-state index in [-0.39, 0.29) is 19.0 Å². The first-order chi connectivity index (χ1) is 9.63. The van der Waals surface area contributed by atoms with Gasteiger partial charge in [0, 0.05) is 18.8 Å². The minimum atomic E-state index is -4.24. The van der Waals surface area contributed by atoms with Gasteiger partial charge in [0.25, 0.3) is 0 Å². The normalized spacial score (nSPS) is 23.6. The van der Waals surface area contributed by atoms with E-state index in [1.807, 2.05) is 6.26 Å². The number of amides is 1. The van der Waals surface area contributed by atoms with Crippen molar-refractivity contribution < 1.29 is 23.1 Å². The number of likely N-dealkylation sites (tertiary alicyclic amines) is 1. The van der Waals surface area contributed by atoms with Gasteiger partial charge in [-0.1, -0.05) is 0 Å². The lowest BCUT2D eigenvalue weighted by atomic mass is 9.96. The molecule has 1 rings (SSSR count). The van der Waals surface area contributed by atoms with E-state index in [0.717, 1.165) is 0 Å². The first-order valence-corrected chi connectivity index (χ1v) is 8.30. The molecule has 1 aliphatic rings. The van der Waals surface area contributed by atoms with Gasteiger partial charge in [-0.05, 0) is 32.6 Å². The molecule has 0 radical (unpaired) electrons. The van der Waals surface area contributed by atoms with Crippen LogP contribution in [0.5, 0.6) is 0 Å². The second-order valence-electron chi connectivity index (χ2n) is 5.84. The molecule has 1 amide bonds. The van der Waals surface area contributed by atoms with Crippen LogP contribution in [0.3, 0.4) is 0 Å². The van der Waals surface area contributed by atoms with Crippen LogP contribution in [-0.4, -0.2) is 65.9 Å². The number of nitrogens with zero attached hydrogens (tertiary/aromatic N) is 1. The van der Waals surface area contributed by atoms with Gasteiger partial charge in [-0.3, -0.25) is 9.69 Å². The number of carbonyl (C=O) groups excluding carboxylic acids is 1. The Kier molecular flexibility index (Phi) is 6.80. The summed E-state index contributed by atoms with van der Waals surface area (Å²) >= 11 is 1.47. The molecule has 0 aromatic carbocycles. The van der Waals surface area contributed by atoms with E-state index in [1.165, 1.54) is 16.7 Å².